The van der Waals surface area contributed by atoms with Gasteiger partial charge in [0.25, 0.3) is 0 Å². The van der Waals surface area contributed by atoms with Gasteiger partial charge in [-0.25, -0.2) is 5.43 Å². The Bertz CT molecular complexity index is 647. The average Bonchev–Trinajstić information content (AvgIpc) is 2.89. The molecule has 0 saturated heterocycles. The number of hydrazine groups is 1. The molecule has 0 aromatic carbocycles. The van der Waals surface area contributed by atoms with Crippen molar-refractivity contribution in [2.45, 2.75) is 78.2 Å². The topological polar surface area (TPSA) is 75.3 Å². The predicted molar refractivity (Wildman–Crippen MR) is 97.9 cm³/mol. The quantitative estimate of drug-likeness (QED) is 0.743. The Morgan fingerprint density at radius 1 is 1.08 bits per heavy atom. The van der Waals surface area contributed by atoms with Gasteiger partial charge in [-0.2, -0.15) is 0 Å². The molecular weight excluding hydrogens is 328 g/mol. The molecule has 2 unspecified atom stereocenters. The minimum atomic E-state index is -0.280. The average molecular weight is 360 g/mol. The van der Waals surface area contributed by atoms with Crippen LogP contribution in [0.5, 0.6) is 0 Å². The van der Waals surface area contributed by atoms with Gasteiger partial charge in [0.2, 0.25) is 5.91 Å². The Morgan fingerprint density at radius 3 is 2.58 bits per heavy atom. The van der Waals surface area contributed by atoms with E-state index in [4.69, 9.17) is 0 Å². The van der Waals surface area contributed by atoms with Crippen LogP contribution in [0.15, 0.2) is 0 Å². The first-order valence-corrected chi connectivity index (χ1v) is 10.3. The Balaban J connectivity index is 1.57. The number of ketones is 2. The largest absolute Gasteiger partial charge is 0.299 e. The number of amides is 1. The van der Waals surface area contributed by atoms with Crippen molar-refractivity contribution in [1.29, 1.82) is 0 Å². The highest BCUT2D eigenvalue weighted by molar-refractivity contribution is 5.87. The third kappa shape index (κ3) is 2.57. The second-order valence-corrected chi connectivity index (χ2v) is 9.83. The Kier molecular flexibility index (Phi) is 4.29. The van der Waals surface area contributed by atoms with E-state index in [1.54, 1.807) is 0 Å². The highest BCUT2D eigenvalue weighted by atomic mass is 16.2. The van der Waals surface area contributed by atoms with E-state index in [1.165, 1.54) is 13.3 Å². The molecule has 0 aromatic heterocycles. The summed E-state index contributed by atoms with van der Waals surface area (Å²) in [6.45, 7) is 6.05. The summed E-state index contributed by atoms with van der Waals surface area (Å²) in [5, 5.41) is 0. The van der Waals surface area contributed by atoms with E-state index in [0.29, 0.717) is 35.9 Å². The third-order valence-electron chi connectivity index (χ3n) is 8.68. The fourth-order valence-corrected chi connectivity index (χ4v) is 7.22. The van der Waals surface area contributed by atoms with Crippen LogP contribution in [-0.2, 0) is 14.4 Å². The predicted octanol–water partition coefficient (Wildman–Crippen LogP) is 2.79. The molecule has 7 atom stereocenters. The SMILES string of the molecule is CC(=O)NNC1C[C@@]2(C)C(CC[C@@H]3[C@@H]2CC[C@]2(C)C(=O)CC[C@@H]32)CC1=O. The van der Waals surface area contributed by atoms with E-state index >= 15 is 0 Å². The molecule has 0 spiro atoms. The number of carbonyl (C=O) groups excluding carboxylic acids is 3. The van der Waals surface area contributed by atoms with Gasteiger partial charge in [0.05, 0.1) is 6.04 Å². The molecule has 5 nitrogen and oxygen atoms in total. The zero-order valence-electron chi connectivity index (χ0n) is 16.3. The number of hydrogen-bond acceptors (Lipinski definition) is 4. The second kappa shape index (κ2) is 6.15. The van der Waals surface area contributed by atoms with Crippen LogP contribution in [-0.4, -0.2) is 23.5 Å². The smallest absolute Gasteiger partial charge is 0.230 e. The fourth-order valence-electron chi connectivity index (χ4n) is 7.22. The van der Waals surface area contributed by atoms with E-state index in [1.807, 2.05) is 0 Å². The van der Waals surface area contributed by atoms with Crippen LogP contribution in [0, 0.1) is 34.5 Å². The molecule has 4 fully saturated rings. The molecule has 5 heteroatoms. The van der Waals surface area contributed by atoms with E-state index < -0.39 is 0 Å². The maximum Gasteiger partial charge on any atom is 0.230 e. The van der Waals surface area contributed by atoms with Crippen LogP contribution >= 0.6 is 0 Å². The second-order valence-electron chi connectivity index (χ2n) is 9.83. The lowest BCUT2D eigenvalue weighted by molar-refractivity contribution is -0.147. The van der Waals surface area contributed by atoms with Crippen molar-refractivity contribution in [3.8, 4) is 0 Å². The van der Waals surface area contributed by atoms with Crippen molar-refractivity contribution in [1.82, 2.24) is 10.9 Å². The first-order chi connectivity index (χ1) is 12.3. The summed E-state index contributed by atoms with van der Waals surface area (Å²) in [6.07, 6.45) is 7.65. The molecule has 1 amide bonds. The summed E-state index contributed by atoms with van der Waals surface area (Å²) in [7, 11) is 0. The number of hydrogen-bond donors (Lipinski definition) is 2. The number of rotatable bonds is 2. The van der Waals surface area contributed by atoms with Gasteiger partial charge in [0, 0.05) is 25.2 Å². The molecule has 0 aliphatic heterocycles. The lowest BCUT2D eigenvalue weighted by Gasteiger charge is -2.60. The molecule has 4 rings (SSSR count). The molecule has 4 aliphatic rings. The normalized spacial score (nSPS) is 47.7. The van der Waals surface area contributed by atoms with Crippen molar-refractivity contribution in [2.24, 2.45) is 34.5 Å². The van der Waals surface area contributed by atoms with E-state index in [0.717, 1.165) is 38.5 Å². The number of carbonyl (C=O) groups is 3. The van der Waals surface area contributed by atoms with Crippen LogP contribution in [0.1, 0.15) is 72.1 Å². The van der Waals surface area contributed by atoms with Crippen LogP contribution < -0.4 is 10.9 Å². The molecule has 144 valence electrons. The van der Waals surface area contributed by atoms with Crippen LogP contribution in [0.2, 0.25) is 0 Å². The maximum absolute atomic E-state index is 12.6. The molecule has 4 aliphatic carbocycles. The van der Waals surface area contributed by atoms with Gasteiger partial charge < -0.3 is 0 Å². The zero-order chi connectivity index (χ0) is 18.7. The summed E-state index contributed by atoms with van der Waals surface area (Å²) < 4.78 is 0. The Morgan fingerprint density at radius 2 is 1.85 bits per heavy atom. The molecule has 4 saturated carbocycles. The molecule has 26 heavy (non-hydrogen) atoms. The fraction of sp³-hybridized carbons (Fsp3) is 0.857. The molecule has 0 radical (unpaired) electrons. The first-order valence-electron chi connectivity index (χ1n) is 10.3. The van der Waals surface area contributed by atoms with E-state index in [-0.39, 0.29) is 28.6 Å². The van der Waals surface area contributed by atoms with Gasteiger partial charge in [-0.1, -0.05) is 13.8 Å². The number of fused-ring (bicyclic) bond motifs is 5. The standard InChI is InChI=1S/C21H32N2O3/c1-12(24)22-23-17-11-21(3)13(10-18(17)25)4-5-14-15-6-7-19(26)20(15,2)9-8-16(14)21/h13-17,23H,4-11H2,1-3H3,(H,22,24)/t13?,14-,15-,16-,17?,20-,21-/m0/s1. The van der Waals surface area contributed by atoms with E-state index in [9.17, 15) is 14.4 Å². The van der Waals surface area contributed by atoms with Gasteiger partial charge in [0.1, 0.15) is 5.78 Å². The van der Waals surface area contributed by atoms with Gasteiger partial charge in [0.15, 0.2) is 5.78 Å². The van der Waals surface area contributed by atoms with Gasteiger partial charge in [-0.05, 0) is 67.6 Å². The minimum Gasteiger partial charge on any atom is -0.299 e. The van der Waals surface area contributed by atoms with E-state index in [2.05, 4.69) is 24.7 Å². The summed E-state index contributed by atoms with van der Waals surface area (Å²) in [5.41, 5.74) is 5.64. The van der Waals surface area contributed by atoms with Crippen molar-refractivity contribution in [3.05, 3.63) is 0 Å². The highest BCUT2D eigenvalue weighted by Gasteiger charge is 2.61. The summed E-state index contributed by atoms with van der Waals surface area (Å²) in [5.74, 6) is 2.76. The number of nitrogens with one attached hydrogen (secondary N) is 2. The summed E-state index contributed by atoms with van der Waals surface area (Å²) >= 11 is 0. The highest BCUT2D eigenvalue weighted by Crippen LogP contribution is 2.65. The van der Waals surface area contributed by atoms with Crippen LogP contribution in [0.3, 0.4) is 0 Å². The Hall–Kier alpha value is -1.23. The lowest BCUT2D eigenvalue weighted by atomic mass is 9.45. The molecule has 2 N–H and O–H groups in total. The summed E-state index contributed by atoms with van der Waals surface area (Å²) in [6, 6.07) is -0.280. The maximum atomic E-state index is 12.6. The van der Waals surface area contributed by atoms with Crippen molar-refractivity contribution >= 4 is 17.5 Å². The molecule has 0 aromatic rings. The minimum absolute atomic E-state index is 0.0946. The van der Waals surface area contributed by atoms with Crippen molar-refractivity contribution in [3.63, 3.8) is 0 Å². The Labute approximate surface area is 156 Å². The van der Waals surface area contributed by atoms with Gasteiger partial charge in [-0.15, -0.1) is 0 Å². The molecule has 0 heterocycles. The van der Waals surface area contributed by atoms with Gasteiger partial charge in [-0.3, -0.25) is 19.8 Å². The first kappa shape index (κ1) is 18.1. The zero-order valence-corrected chi connectivity index (χ0v) is 16.3. The number of Topliss-reactive ketones (excluding diaryl/α,β-unsaturated/α-hetero) is 2. The molecular formula is C21H32N2O3. The van der Waals surface area contributed by atoms with Crippen LogP contribution in [0.25, 0.3) is 0 Å². The van der Waals surface area contributed by atoms with Gasteiger partial charge >= 0.3 is 0 Å². The van der Waals surface area contributed by atoms with Crippen molar-refractivity contribution in [2.75, 3.05) is 0 Å². The van der Waals surface area contributed by atoms with Crippen molar-refractivity contribution < 1.29 is 14.4 Å². The third-order valence-corrected chi connectivity index (χ3v) is 8.68. The summed E-state index contributed by atoms with van der Waals surface area (Å²) in [4.78, 5) is 36.4. The van der Waals surface area contributed by atoms with Crippen LogP contribution in [0.4, 0.5) is 0 Å². The monoisotopic (exact) mass is 360 g/mol. The lowest BCUT2D eigenvalue weighted by Crippen LogP contribution is -2.59. The molecule has 0 bridgehead atoms.